The zero-order valence-electron chi connectivity index (χ0n) is 8.79. The number of nitrogens with two attached hydrogens (primary N) is 1. The molecule has 0 aromatic carbocycles. The quantitative estimate of drug-likeness (QED) is 0.755. The second-order valence-corrected chi connectivity index (χ2v) is 3.66. The van der Waals surface area contributed by atoms with Crippen LogP contribution in [0.3, 0.4) is 0 Å². The Hall–Kier alpha value is -1.95. The van der Waals surface area contributed by atoms with E-state index in [0.717, 1.165) is 0 Å². The minimum absolute atomic E-state index is 0.203. The Labute approximate surface area is 91.7 Å². The number of primary amides is 1. The van der Waals surface area contributed by atoms with Crippen LogP contribution in [0.1, 0.15) is 17.4 Å². The molecular weight excluding hydrogens is 208 g/mol. The number of aromatic nitrogens is 3. The number of pyridine rings is 1. The molecule has 2 aromatic heterocycles. The molecule has 0 aliphatic carbocycles. The van der Waals surface area contributed by atoms with Crippen molar-refractivity contribution in [2.24, 2.45) is 5.73 Å². The molecule has 2 aromatic rings. The molecule has 2 heterocycles. The smallest absolute Gasteiger partial charge is 0.268 e. The van der Waals surface area contributed by atoms with Gasteiger partial charge in [0.2, 0.25) is 0 Å². The van der Waals surface area contributed by atoms with Gasteiger partial charge in [0.05, 0.1) is 23.6 Å². The van der Waals surface area contributed by atoms with Crippen LogP contribution < -0.4 is 5.73 Å². The summed E-state index contributed by atoms with van der Waals surface area (Å²) in [6.07, 6.45) is 2.65. The third-order valence-corrected chi connectivity index (χ3v) is 2.17. The predicted octanol–water partition coefficient (Wildman–Crippen LogP) is -0.0890. The zero-order chi connectivity index (χ0) is 11.7. The Kier molecular flexibility index (Phi) is 2.57. The summed E-state index contributed by atoms with van der Waals surface area (Å²) in [5.74, 6) is -0.581. The molecule has 2 rings (SSSR count). The molecule has 0 bridgehead atoms. The van der Waals surface area contributed by atoms with E-state index in [1.165, 1.54) is 6.20 Å². The van der Waals surface area contributed by atoms with Crippen LogP contribution in [-0.4, -0.2) is 31.9 Å². The second kappa shape index (κ2) is 3.90. The Morgan fingerprint density at radius 3 is 3.06 bits per heavy atom. The normalized spacial score (nSPS) is 12.9. The van der Waals surface area contributed by atoms with Crippen molar-refractivity contribution in [3.8, 4) is 0 Å². The van der Waals surface area contributed by atoms with E-state index in [0.29, 0.717) is 17.4 Å². The van der Waals surface area contributed by atoms with Gasteiger partial charge in [-0.1, -0.05) is 0 Å². The standard InChI is InChI=1S/C10H12N4O2/c1-6(15)4-14-5-7-8(13-14)2-3-12-9(7)10(11)16/h2-3,5-6,15H,4H2,1H3,(H2,11,16)/t6-/m0/s1. The predicted molar refractivity (Wildman–Crippen MR) is 57.7 cm³/mol. The van der Waals surface area contributed by atoms with Crippen LogP contribution in [0.4, 0.5) is 0 Å². The van der Waals surface area contributed by atoms with Gasteiger partial charge in [0.1, 0.15) is 5.69 Å². The van der Waals surface area contributed by atoms with Crippen LogP contribution >= 0.6 is 0 Å². The number of aliphatic hydroxyl groups excluding tert-OH is 1. The average Bonchev–Trinajstić information content (AvgIpc) is 2.57. The van der Waals surface area contributed by atoms with Crippen LogP contribution in [0.15, 0.2) is 18.5 Å². The molecule has 16 heavy (non-hydrogen) atoms. The first kappa shape index (κ1) is 10.6. The van der Waals surface area contributed by atoms with Crippen molar-refractivity contribution in [1.82, 2.24) is 14.8 Å². The minimum Gasteiger partial charge on any atom is -0.391 e. The number of rotatable bonds is 3. The molecule has 0 unspecified atom stereocenters. The molecule has 84 valence electrons. The number of hydrogen-bond acceptors (Lipinski definition) is 4. The average molecular weight is 220 g/mol. The maximum atomic E-state index is 11.1. The van der Waals surface area contributed by atoms with E-state index in [1.807, 2.05) is 0 Å². The highest BCUT2D eigenvalue weighted by molar-refractivity contribution is 6.03. The number of fused-ring (bicyclic) bond motifs is 1. The molecule has 0 radical (unpaired) electrons. The lowest BCUT2D eigenvalue weighted by molar-refractivity contribution is 0.0997. The van der Waals surface area contributed by atoms with E-state index >= 15 is 0 Å². The summed E-state index contributed by atoms with van der Waals surface area (Å²) >= 11 is 0. The first-order valence-corrected chi connectivity index (χ1v) is 4.88. The molecule has 6 heteroatoms. The Morgan fingerprint density at radius 1 is 1.69 bits per heavy atom. The number of carbonyl (C=O) groups excluding carboxylic acids is 1. The third-order valence-electron chi connectivity index (χ3n) is 2.17. The summed E-state index contributed by atoms with van der Waals surface area (Å²) in [6.45, 7) is 2.03. The molecule has 1 amide bonds. The summed E-state index contributed by atoms with van der Waals surface area (Å²) in [5.41, 5.74) is 6.05. The van der Waals surface area contributed by atoms with Crippen LogP contribution in [0.5, 0.6) is 0 Å². The van der Waals surface area contributed by atoms with Gasteiger partial charge >= 0.3 is 0 Å². The van der Waals surface area contributed by atoms with Gasteiger partial charge in [0.25, 0.3) is 5.91 Å². The van der Waals surface area contributed by atoms with E-state index in [4.69, 9.17) is 5.73 Å². The first-order chi connectivity index (χ1) is 7.58. The largest absolute Gasteiger partial charge is 0.391 e. The molecule has 0 spiro atoms. The summed E-state index contributed by atoms with van der Waals surface area (Å²) in [7, 11) is 0. The molecule has 0 saturated carbocycles. The van der Waals surface area contributed by atoms with Crippen molar-refractivity contribution in [3.63, 3.8) is 0 Å². The van der Waals surface area contributed by atoms with E-state index in [2.05, 4.69) is 10.1 Å². The molecule has 0 aliphatic rings. The number of carbonyl (C=O) groups is 1. The van der Waals surface area contributed by atoms with Gasteiger partial charge in [-0.2, -0.15) is 5.10 Å². The third kappa shape index (κ3) is 1.87. The SMILES string of the molecule is C[C@H](O)Cn1cc2c(C(N)=O)nccc2n1. The highest BCUT2D eigenvalue weighted by Gasteiger charge is 2.11. The number of nitrogens with zero attached hydrogens (tertiary/aromatic N) is 3. The van der Waals surface area contributed by atoms with E-state index in [1.54, 1.807) is 23.9 Å². The molecule has 0 fully saturated rings. The summed E-state index contributed by atoms with van der Waals surface area (Å²) in [5, 5.41) is 14.1. The van der Waals surface area contributed by atoms with Gasteiger partial charge in [0.15, 0.2) is 0 Å². The molecule has 3 N–H and O–H groups in total. The van der Waals surface area contributed by atoms with Crippen molar-refractivity contribution in [2.45, 2.75) is 19.6 Å². The van der Waals surface area contributed by atoms with Gasteiger partial charge in [0, 0.05) is 12.4 Å². The molecular formula is C10H12N4O2. The highest BCUT2D eigenvalue weighted by atomic mass is 16.3. The lowest BCUT2D eigenvalue weighted by Crippen LogP contribution is -2.13. The fourth-order valence-electron chi connectivity index (χ4n) is 1.55. The molecule has 0 aliphatic heterocycles. The Balaban J connectivity index is 2.52. The van der Waals surface area contributed by atoms with E-state index in [-0.39, 0.29) is 5.69 Å². The van der Waals surface area contributed by atoms with Crippen LogP contribution in [-0.2, 0) is 6.54 Å². The number of amides is 1. The topological polar surface area (TPSA) is 94.0 Å². The van der Waals surface area contributed by atoms with Crippen molar-refractivity contribution >= 4 is 16.8 Å². The Morgan fingerprint density at radius 2 is 2.44 bits per heavy atom. The first-order valence-electron chi connectivity index (χ1n) is 4.88. The van der Waals surface area contributed by atoms with Crippen LogP contribution in [0.25, 0.3) is 10.9 Å². The maximum Gasteiger partial charge on any atom is 0.268 e. The molecule has 1 atom stereocenters. The highest BCUT2D eigenvalue weighted by Crippen LogP contribution is 2.14. The summed E-state index contributed by atoms with van der Waals surface area (Å²) in [4.78, 5) is 15.0. The lowest BCUT2D eigenvalue weighted by atomic mass is 10.2. The maximum absolute atomic E-state index is 11.1. The van der Waals surface area contributed by atoms with Crippen molar-refractivity contribution in [3.05, 3.63) is 24.2 Å². The fraction of sp³-hybridized carbons (Fsp3) is 0.300. The molecule has 6 nitrogen and oxygen atoms in total. The zero-order valence-corrected chi connectivity index (χ0v) is 8.79. The number of hydrogen-bond donors (Lipinski definition) is 2. The van der Waals surface area contributed by atoms with Gasteiger partial charge < -0.3 is 10.8 Å². The van der Waals surface area contributed by atoms with Gasteiger partial charge in [-0.3, -0.25) is 14.5 Å². The summed E-state index contributed by atoms with van der Waals surface area (Å²) < 4.78 is 1.57. The second-order valence-electron chi connectivity index (χ2n) is 3.66. The Bertz CT molecular complexity index is 533. The van der Waals surface area contributed by atoms with Crippen molar-refractivity contribution in [2.75, 3.05) is 0 Å². The minimum atomic E-state index is -0.581. The van der Waals surface area contributed by atoms with Crippen molar-refractivity contribution in [1.29, 1.82) is 0 Å². The van der Waals surface area contributed by atoms with Gasteiger partial charge in [-0.05, 0) is 13.0 Å². The fourth-order valence-corrected chi connectivity index (χ4v) is 1.55. The van der Waals surface area contributed by atoms with Gasteiger partial charge in [-0.25, -0.2) is 0 Å². The monoisotopic (exact) mass is 220 g/mol. The van der Waals surface area contributed by atoms with Gasteiger partial charge in [-0.15, -0.1) is 0 Å². The summed E-state index contributed by atoms with van der Waals surface area (Å²) in [6, 6.07) is 1.69. The number of aliphatic hydroxyl groups is 1. The van der Waals surface area contributed by atoms with Crippen LogP contribution in [0.2, 0.25) is 0 Å². The van der Waals surface area contributed by atoms with E-state index in [9.17, 15) is 9.90 Å². The van der Waals surface area contributed by atoms with Crippen molar-refractivity contribution < 1.29 is 9.90 Å². The van der Waals surface area contributed by atoms with Crippen LogP contribution in [0, 0.1) is 0 Å². The van der Waals surface area contributed by atoms with E-state index < -0.39 is 12.0 Å². The lowest BCUT2D eigenvalue weighted by Gasteiger charge is -2.02. The molecule has 0 saturated heterocycles.